The number of piperidine rings is 1. The van der Waals surface area contributed by atoms with E-state index in [2.05, 4.69) is 9.88 Å². The highest BCUT2D eigenvalue weighted by atomic mass is 19.4. The van der Waals surface area contributed by atoms with Gasteiger partial charge in [0.1, 0.15) is 0 Å². The molecular formula is C19H27F3N4O. The third-order valence-corrected chi connectivity index (χ3v) is 6.43. The van der Waals surface area contributed by atoms with Crippen molar-refractivity contribution in [1.82, 2.24) is 19.4 Å². The third-order valence-electron chi connectivity index (χ3n) is 6.43. The number of aromatic nitrogens is 2. The molecule has 3 heterocycles. The van der Waals surface area contributed by atoms with E-state index in [1.165, 1.54) is 4.57 Å². The highest BCUT2D eigenvalue weighted by molar-refractivity contribution is 5.79. The zero-order chi connectivity index (χ0) is 19.3. The Bertz CT molecular complexity index is 717. The average Bonchev–Trinajstić information content (AvgIpc) is 3.40. The van der Waals surface area contributed by atoms with Crippen molar-refractivity contribution in [3.05, 3.63) is 17.2 Å². The Balaban J connectivity index is 1.63. The van der Waals surface area contributed by atoms with Gasteiger partial charge in [0.15, 0.2) is 0 Å². The summed E-state index contributed by atoms with van der Waals surface area (Å²) >= 11 is 0. The van der Waals surface area contributed by atoms with Crippen LogP contribution in [0.3, 0.4) is 0 Å². The number of carbonyl (C=O) groups excluding carboxylic acids is 1. The van der Waals surface area contributed by atoms with E-state index in [1.807, 2.05) is 14.0 Å². The number of rotatable bonds is 3. The molecule has 0 N–H and O–H groups in total. The quantitative estimate of drug-likeness (QED) is 0.804. The van der Waals surface area contributed by atoms with E-state index >= 15 is 0 Å². The molecule has 3 aliphatic rings. The molecule has 27 heavy (non-hydrogen) atoms. The zero-order valence-corrected chi connectivity index (χ0v) is 15.9. The maximum atomic E-state index is 13.5. The lowest BCUT2D eigenvalue weighted by atomic mass is 9.92. The molecule has 2 fully saturated rings. The van der Waals surface area contributed by atoms with Crippen LogP contribution in [0.25, 0.3) is 0 Å². The van der Waals surface area contributed by atoms with Gasteiger partial charge in [-0.1, -0.05) is 6.92 Å². The number of fused-ring (bicyclic) bond motifs is 1. The first kappa shape index (κ1) is 18.8. The van der Waals surface area contributed by atoms with Crippen LogP contribution in [0, 0.1) is 11.8 Å². The van der Waals surface area contributed by atoms with Gasteiger partial charge in [-0.2, -0.15) is 13.2 Å². The van der Waals surface area contributed by atoms with Crippen LogP contribution in [0.5, 0.6) is 0 Å². The zero-order valence-electron chi connectivity index (χ0n) is 15.9. The maximum Gasteiger partial charge on any atom is 0.449 e. The SMILES string of the molecule is CC(C(=O)N1CCn2c(C(F)(F)F)nc(C3CCN(C)CC3)c2C1)C1CC1. The lowest BCUT2D eigenvalue weighted by molar-refractivity contribution is -0.148. The molecule has 0 radical (unpaired) electrons. The van der Waals surface area contributed by atoms with Crippen molar-refractivity contribution < 1.29 is 18.0 Å². The van der Waals surface area contributed by atoms with E-state index in [0.29, 0.717) is 23.9 Å². The molecule has 150 valence electrons. The van der Waals surface area contributed by atoms with Gasteiger partial charge in [0, 0.05) is 24.9 Å². The molecule has 0 aromatic carbocycles. The standard InChI is InChI=1S/C19H27F3N4O/c1-12(13-3-4-13)17(27)25-9-10-26-15(11-25)16(23-18(26)19(20,21)22)14-5-7-24(2)8-6-14/h12-14H,3-11H2,1-2H3. The van der Waals surface area contributed by atoms with E-state index in [-0.39, 0.29) is 30.8 Å². The highest BCUT2D eigenvalue weighted by Gasteiger charge is 2.43. The van der Waals surface area contributed by atoms with Crippen LogP contribution in [0.2, 0.25) is 0 Å². The van der Waals surface area contributed by atoms with Gasteiger partial charge in [-0.25, -0.2) is 4.98 Å². The predicted octanol–water partition coefficient (Wildman–Crippen LogP) is 3.10. The van der Waals surface area contributed by atoms with Crippen molar-refractivity contribution in [2.24, 2.45) is 11.8 Å². The molecule has 1 aromatic heterocycles. The van der Waals surface area contributed by atoms with Crippen LogP contribution in [0.15, 0.2) is 0 Å². The van der Waals surface area contributed by atoms with E-state index in [9.17, 15) is 18.0 Å². The first-order valence-corrected chi connectivity index (χ1v) is 9.89. The van der Waals surface area contributed by atoms with Crippen LogP contribution < -0.4 is 0 Å². The van der Waals surface area contributed by atoms with Crippen molar-refractivity contribution in [3.63, 3.8) is 0 Å². The minimum absolute atomic E-state index is 0.0339. The van der Waals surface area contributed by atoms with Crippen LogP contribution in [-0.4, -0.2) is 51.9 Å². The minimum atomic E-state index is -4.47. The number of carbonyl (C=O) groups is 1. The van der Waals surface area contributed by atoms with Crippen LogP contribution >= 0.6 is 0 Å². The summed E-state index contributed by atoms with van der Waals surface area (Å²) in [6.45, 7) is 4.42. The second-order valence-electron chi connectivity index (χ2n) is 8.38. The van der Waals surface area contributed by atoms with Gasteiger partial charge >= 0.3 is 6.18 Å². The highest BCUT2D eigenvalue weighted by Crippen LogP contribution is 2.40. The van der Waals surface area contributed by atoms with Gasteiger partial charge < -0.3 is 14.4 Å². The molecule has 1 aliphatic carbocycles. The number of likely N-dealkylation sites (tertiary alicyclic amines) is 1. The Hall–Kier alpha value is -1.57. The molecule has 0 spiro atoms. The summed E-state index contributed by atoms with van der Waals surface area (Å²) in [5, 5.41) is 0. The number of hydrogen-bond donors (Lipinski definition) is 0. The molecule has 1 aromatic rings. The maximum absolute atomic E-state index is 13.5. The average molecular weight is 384 g/mol. The number of hydrogen-bond acceptors (Lipinski definition) is 3. The molecule has 8 heteroatoms. The van der Waals surface area contributed by atoms with Gasteiger partial charge in [-0.15, -0.1) is 0 Å². The van der Waals surface area contributed by atoms with Gasteiger partial charge in [-0.3, -0.25) is 4.79 Å². The summed E-state index contributed by atoms with van der Waals surface area (Å²) < 4.78 is 42.0. The first-order valence-electron chi connectivity index (χ1n) is 9.89. The third kappa shape index (κ3) is 3.60. The van der Waals surface area contributed by atoms with Crippen molar-refractivity contribution in [1.29, 1.82) is 0 Å². The van der Waals surface area contributed by atoms with Crippen molar-refractivity contribution >= 4 is 5.91 Å². The number of amides is 1. The Morgan fingerprint density at radius 3 is 2.37 bits per heavy atom. The van der Waals surface area contributed by atoms with Gasteiger partial charge in [0.2, 0.25) is 11.7 Å². The van der Waals surface area contributed by atoms with Crippen LogP contribution in [0.1, 0.15) is 55.7 Å². The number of nitrogens with zero attached hydrogens (tertiary/aromatic N) is 4. The monoisotopic (exact) mass is 384 g/mol. The van der Waals surface area contributed by atoms with Gasteiger partial charge in [0.05, 0.1) is 17.9 Å². The Labute approximate surface area is 157 Å². The number of alkyl halides is 3. The smallest absolute Gasteiger partial charge is 0.335 e. The first-order chi connectivity index (χ1) is 12.8. The van der Waals surface area contributed by atoms with Gasteiger partial charge in [-0.05, 0) is 51.7 Å². The summed E-state index contributed by atoms with van der Waals surface area (Å²) in [6.07, 6.45) is -0.685. The normalized spacial score (nSPS) is 23.4. The summed E-state index contributed by atoms with van der Waals surface area (Å²) in [7, 11) is 2.03. The van der Waals surface area contributed by atoms with E-state index < -0.39 is 12.0 Å². The minimum Gasteiger partial charge on any atom is -0.335 e. The van der Waals surface area contributed by atoms with Crippen molar-refractivity contribution in [3.8, 4) is 0 Å². The second kappa shape index (κ2) is 6.79. The second-order valence-corrected chi connectivity index (χ2v) is 8.38. The molecule has 1 unspecified atom stereocenters. The summed E-state index contributed by atoms with van der Waals surface area (Å²) in [5.41, 5.74) is 1.16. The topological polar surface area (TPSA) is 41.4 Å². The number of halogens is 3. The Kier molecular flexibility index (Phi) is 4.72. The Morgan fingerprint density at radius 1 is 1.11 bits per heavy atom. The van der Waals surface area contributed by atoms with Gasteiger partial charge in [0.25, 0.3) is 0 Å². The van der Waals surface area contributed by atoms with E-state index in [0.717, 1.165) is 38.8 Å². The largest absolute Gasteiger partial charge is 0.449 e. The van der Waals surface area contributed by atoms with E-state index in [4.69, 9.17) is 0 Å². The molecule has 1 amide bonds. The molecular weight excluding hydrogens is 357 g/mol. The fourth-order valence-electron chi connectivity index (χ4n) is 4.49. The molecule has 1 saturated carbocycles. The lowest BCUT2D eigenvalue weighted by Gasteiger charge is -2.33. The molecule has 0 bridgehead atoms. The molecule has 1 saturated heterocycles. The summed E-state index contributed by atoms with van der Waals surface area (Å²) in [4.78, 5) is 20.8. The molecule has 4 rings (SSSR count). The van der Waals surface area contributed by atoms with Crippen LogP contribution in [-0.2, 0) is 24.1 Å². The number of imidazole rings is 1. The predicted molar refractivity (Wildman–Crippen MR) is 94.0 cm³/mol. The molecule has 1 atom stereocenters. The summed E-state index contributed by atoms with van der Waals surface area (Å²) in [5.74, 6) is -0.271. The van der Waals surface area contributed by atoms with E-state index in [1.54, 1.807) is 4.90 Å². The fraction of sp³-hybridized carbons (Fsp3) is 0.789. The molecule has 5 nitrogen and oxygen atoms in total. The molecule has 2 aliphatic heterocycles. The van der Waals surface area contributed by atoms with Crippen LogP contribution in [0.4, 0.5) is 13.2 Å². The Morgan fingerprint density at radius 2 is 1.78 bits per heavy atom. The van der Waals surface area contributed by atoms with Crippen molar-refractivity contribution in [2.45, 2.75) is 57.8 Å². The fourth-order valence-corrected chi connectivity index (χ4v) is 4.49. The lowest BCUT2D eigenvalue weighted by Crippen LogP contribution is -2.42. The summed E-state index contributed by atoms with van der Waals surface area (Å²) in [6, 6.07) is 0. The van der Waals surface area contributed by atoms with Crippen molar-refractivity contribution in [2.75, 3.05) is 26.7 Å².